The molecule has 3 rings (SSSR count). The Hall–Kier alpha value is -1.85. The quantitative estimate of drug-likeness (QED) is 0.940. The van der Waals surface area contributed by atoms with Crippen molar-refractivity contribution in [2.24, 2.45) is 0 Å². The van der Waals surface area contributed by atoms with Gasteiger partial charge in [-0.25, -0.2) is 9.97 Å². The summed E-state index contributed by atoms with van der Waals surface area (Å²) in [4.78, 5) is 11.2. The maximum absolute atomic E-state index is 6.17. The van der Waals surface area contributed by atoms with Crippen LogP contribution in [0.5, 0.6) is 0 Å². The van der Waals surface area contributed by atoms with Crippen molar-refractivity contribution in [2.75, 3.05) is 36.5 Å². The molecule has 0 bridgehead atoms. The molecule has 1 aromatic carbocycles. The van der Waals surface area contributed by atoms with Crippen LogP contribution in [0, 0.1) is 13.8 Å². The SMILES string of the molecule is Cc1nc(Nc2cccc(Cl)c2C)cc(N2CCOCC2)n1. The molecule has 0 aliphatic carbocycles. The van der Waals surface area contributed by atoms with Crippen LogP contribution in [0.1, 0.15) is 11.4 Å². The monoisotopic (exact) mass is 318 g/mol. The summed E-state index contributed by atoms with van der Waals surface area (Å²) in [5.74, 6) is 2.45. The molecule has 2 heterocycles. The average Bonchev–Trinajstić information content (AvgIpc) is 2.52. The van der Waals surface area contributed by atoms with Gasteiger partial charge in [-0.1, -0.05) is 17.7 Å². The minimum Gasteiger partial charge on any atom is -0.378 e. The Kier molecular flexibility index (Phi) is 4.45. The Morgan fingerprint density at radius 1 is 1.18 bits per heavy atom. The van der Waals surface area contributed by atoms with E-state index in [1.54, 1.807) is 0 Å². The van der Waals surface area contributed by atoms with Gasteiger partial charge in [-0.05, 0) is 31.5 Å². The van der Waals surface area contributed by atoms with Gasteiger partial charge in [0.2, 0.25) is 0 Å². The molecular weight excluding hydrogens is 300 g/mol. The van der Waals surface area contributed by atoms with E-state index < -0.39 is 0 Å². The highest BCUT2D eigenvalue weighted by Gasteiger charge is 2.14. The molecule has 0 saturated carbocycles. The summed E-state index contributed by atoms with van der Waals surface area (Å²) >= 11 is 6.17. The highest BCUT2D eigenvalue weighted by Crippen LogP contribution is 2.26. The number of nitrogens with zero attached hydrogens (tertiary/aromatic N) is 3. The number of hydrogen-bond donors (Lipinski definition) is 1. The van der Waals surface area contributed by atoms with Gasteiger partial charge in [-0.15, -0.1) is 0 Å². The second kappa shape index (κ2) is 6.50. The van der Waals surface area contributed by atoms with E-state index in [0.29, 0.717) is 0 Å². The second-order valence-corrected chi connectivity index (χ2v) is 5.70. The number of morpholine rings is 1. The third kappa shape index (κ3) is 3.31. The second-order valence-electron chi connectivity index (χ2n) is 5.30. The molecule has 0 unspecified atom stereocenters. The third-order valence-electron chi connectivity index (χ3n) is 3.69. The van der Waals surface area contributed by atoms with Crippen LogP contribution >= 0.6 is 11.6 Å². The molecule has 1 aliphatic rings. The van der Waals surface area contributed by atoms with Crippen molar-refractivity contribution in [3.63, 3.8) is 0 Å². The summed E-state index contributed by atoms with van der Waals surface area (Å²) in [6.45, 7) is 7.07. The van der Waals surface area contributed by atoms with Gasteiger partial charge in [-0.2, -0.15) is 0 Å². The van der Waals surface area contributed by atoms with E-state index in [9.17, 15) is 0 Å². The summed E-state index contributed by atoms with van der Waals surface area (Å²) in [5, 5.41) is 4.08. The van der Waals surface area contributed by atoms with Crippen LogP contribution in [-0.4, -0.2) is 36.3 Å². The Morgan fingerprint density at radius 2 is 1.95 bits per heavy atom. The highest BCUT2D eigenvalue weighted by atomic mass is 35.5. The molecule has 0 radical (unpaired) electrons. The lowest BCUT2D eigenvalue weighted by atomic mass is 10.2. The summed E-state index contributed by atoms with van der Waals surface area (Å²) in [6.07, 6.45) is 0. The number of rotatable bonds is 3. The summed E-state index contributed by atoms with van der Waals surface area (Å²) in [6, 6.07) is 7.77. The molecule has 0 amide bonds. The Bertz CT molecular complexity index is 671. The zero-order valence-electron chi connectivity index (χ0n) is 12.8. The fraction of sp³-hybridized carbons (Fsp3) is 0.375. The van der Waals surface area contributed by atoms with Crippen molar-refractivity contribution < 1.29 is 4.74 Å². The van der Waals surface area contributed by atoms with E-state index in [1.807, 2.05) is 38.1 Å². The summed E-state index contributed by atoms with van der Waals surface area (Å²) < 4.78 is 5.39. The molecular formula is C16H19ClN4O. The summed E-state index contributed by atoms with van der Waals surface area (Å²) in [5.41, 5.74) is 1.96. The Labute approximate surface area is 135 Å². The Balaban J connectivity index is 1.87. The molecule has 2 aromatic rings. The van der Waals surface area contributed by atoms with Gasteiger partial charge in [-0.3, -0.25) is 0 Å². The lowest BCUT2D eigenvalue weighted by Crippen LogP contribution is -2.36. The van der Waals surface area contributed by atoms with Gasteiger partial charge >= 0.3 is 0 Å². The van der Waals surface area contributed by atoms with E-state index in [2.05, 4.69) is 20.2 Å². The first-order valence-electron chi connectivity index (χ1n) is 7.34. The number of aryl methyl sites for hydroxylation is 1. The standard InChI is InChI=1S/C16H19ClN4O/c1-11-13(17)4-3-5-14(11)20-15-10-16(19-12(2)18-15)21-6-8-22-9-7-21/h3-5,10H,6-9H2,1-2H3,(H,18,19,20). The number of nitrogens with one attached hydrogen (secondary N) is 1. The van der Waals surface area contributed by atoms with Crippen molar-refractivity contribution in [3.8, 4) is 0 Å². The predicted molar refractivity (Wildman–Crippen MR) is 89.3 cm³/mol. The molecule has 1 fully saturated rings. The first kappa shape index (κ1) is 15.1. The largest absolute Gasteiger partial charge is 0.378 e. The number of halogens is 1. The molecule has 116 valence electrons. The molecule has 6 heteroatoms. The zero-order valence-corrected chi connectivity index (χ0v) is 13.5. The van der Waals surface area contributed by atoms with Gasteiger partial charge in [0.25, 0.3) is 0 Å². The van der Waals surface area contributed by atoms with Crippen LogP contribution < -0.4 is 10.2 Å². The molecule has 5 nitrogen and oxygen atoms in total. The molecule has 1 aliphatic heterocycles. The smallest absolute Gasteiger partial charge is 0.136 e. The predicted octanol–water partition coefficient (Wildman–Crippen LogP) is 3.33. The summed E-state index contributed by atoms with van der Waals surface area (Å²) in [7, 11) is 0. The highest BCUT2D eigenvalue weighted by molar-refractivity contribution is 6.31. The average molecular weight is 319 g/mol. The lowest BCUT2D eigenvalue weighted by Gasteiger charge is -2.28. The van der Waals surface area contributed by atoms with Gasteiger partial charge in [0, 0.05) is 29.9 Å². The van der Waals surface area contributed by atoms with Gasteiger partial charge in [0.1, 0.15) is 17.5 Å². The fourth-order valence-electron chi connectivity index (χ4n) is 2.45. The van der Waals surface area contributed by atoms with Crippen LogP contribution in [0.25, 0.3) is 0 Å². The lowest BCUT2D eigenvalue weighted by molar-refractivity contribution is 0.122. The zero-order chi connectivity index (χ0) is 15.5. The number of hydrogen-bond acceptors (Lipinski definition) is 5. The number of anilines is 3. The van der Waals surface area contributed by atoms with Gasteiger partial charge < -0.3 is 15.0 Å². The normalized spacial score (nSPS) is 15.0. The maximum atomic E-state index is 6.17. The first-order valence-corrected chi connectivity index (χ1v) is 7.72. The minimum atomic E-state index is 0.735. The molecule has 22 heavy (non-hydrogen) atoms. The topological polar surface area (TPSA) is 50.3 Å². The van der Waals surface area contributed by atoms with E-state index >= 15 is 0 Å². The van der Waals surface area contributed by atoms with Crippen LogP contribution in [0.3, 0.4) is 0 Å². The number of benzene rings is 1. The molecule has 1 aromatic heterocycles. The van der Waals surface area contributed by atoms with E-state index in [-0.39, 0.29) is 0 Å². The van der Waals surface area contributed by atoms with E-state index in [4.69, 9.17) is 16.3 Å². The minimum absolute atomic E-state index is 0.735. The molecule has 1 N–H and O–H groups in total. The van der Waals surface area contributed by atoms with Crippen molar-refractivity contribution in [1.82, 2.24) is 9.97 Å². The molecule has 0 atom stereocenters. The first-order chi connectivity index (χ1) is 10.6. The van der Waals surface area contributed by atoms with E-state index in [0.717, 1.165) is 60.0 Å². The maximum Gasteiger partial charge on any atom is 0.136 e. The Morgan fingerprint density at radius 3 is 2.73 bits per heavy atom. The van der Waals surface area contributed by atoms with Crippen LogP contribution in [-0.2, 0) is 4.74 Å². The van der Waals surface area contributed by atoms with Gasteiger partial charge in [0.15, 0.2) is 0 Å². The van der Waals surface area contributed by atoms with Crippen LogP contribution in [0.4, 0.5) is 17.3 Å². The van der Waals surface area contributed by atoms with Crippen molar-refractivity contribution in [3.05, 3.63) is 40.7 Å². The number of aromatic nitrogens is 2. The van der Waals surface area contributed by atoms with Crippen molar-refractivity contribution in [1.29, 1.82) is 0 Å². The van der Waals surface area contributed by atoms with Crippen LogP contribution in [0.2, 0.25) is 5.02 Å². The van der Waals surface area contributed by atoms with Gasteiger partial charge in [0.05, 0.1) is 13.2 Å². The van der Waals surface area contributed by atoms with E-state index in [1.165, 1.54) is 0 Å². The van der Waals surface area contributed by atoms with Crippen molar-refractivity contribution in [2.45, 2.75) is 13.8 Å². The fourth-order valence-corrected chi connectivity index (χ4v) is 2.63. The third-order valence-corrected chi connectivity index (χ3v) is 4.10. The molecule has 0 spiro atoms. The van der Waals surface area contributed by atoms with Crippen LogP contribution in [0.15, 0.2) is 24.3 Å². The molecule has 1 saturated heterocycles. The number of ether oxygens (including phenoxy) is 1. The van der Waals surface area contributed by atoms with Crippen molar-refractivity contribution >= 4 is 28.9 Å².